The second kappa shape index (κ2) is 10.9. The first-order valence-electron chi connectivity index (χ1n) is 12.5. The number of thiazole rings is 1. The van der Waals surface area contributed by atoms with E-state index in [2.05, 4.69) is 72.6 Å². The van der Waals surface area contributed by atoms with Gasteiger partial charge in [-0.3, -0.25) is 9.69 Å². The number of piperidine rings is 1. The van der Waals surface area contributed by atoms with Gasteiger partial charge in [-0.15, -0.1) is 0 Å². The first-order valence-corrected chi connectivity index (χ1v) is 13.3. The van der Waals surface area contributed by atoms with Gasteiger partial charge >= 0.3 is 0 Å². The molecule has 190 valence electrons. The van der Waals surface area contributed by atoms with Crippen molar-refractivity contribution in [1.29, 1.82) is 0 Å². The van der Waals surface area contributed by atoms with Gasteiger partial charge in [0.25, 0.3) is 0 Å². The Morgan fingerprint density at radius 2 is 1.49 bits per heavy atom. The minimum Gasteiger partial charge on any atom is -0.302 e. The topological polar surface area (TPSA) is 45.2 Å². The van der Waals surface area contributed by atoms with E-state index in [0.29, 0.717) is 43.2 Å². The van der Waals surface area contributed by atoms with Crippen molar-refractivity contribution in [2.75, 3.05) is 18.4 Å². The summed E-state index contributed by atoms with van der Waals surface area (Å²) < 4.78 is 27.0. The average Bonchev–Trinajstić information content (AvgIpc) is 3.28. The number of nitrogens with zero attached hydrogens (tertiary/aromatic N) is 2. The lowest BCUT2D eigenvalue weighted by Gasteiger charge is -2.31. The molecule has 1 saturated heterocycles. The Labute approximate surface area is 220 Å². The lowest BCUT2D eigenvalue weighted by atomic mass is 9.95. The average molecular weight is 518 g/mol. The predicted octanol–water partition coefficient (Wildman–Crippen LogP) is 7.22. The van der Waals surface area contributed by atoms with Crippen molar-refractivity contribution in [1.82, 2.24) is 9.88 Å². The molecule has 2 heterocycles. The second-order valence-electron chi connectivity index (χ2n) is 9.75. The number of carbonyl (C=O) groups is 1. The van der Waals surface area contributed by atoms with Gasteiger partial charge in [-0.1, -0.05) is 71.0 Å². The van der Waals surface area contributed by atoms with Crippen molar-refractivity contribution in [2.45, 2.75) is 33.2 Å². The largest absolute Gasteiger partial charge is 0.302 e. The van der Waals surface area contributed by atoms with E-state index in [0.717, 1.165) is 27.8 Å². The fraction of sp³-hybridized carbons (Fsp3) is 0.267. The minimum atomic E-state index is -0.567. The maximum absolute atomic E-state index is 13.5. The molecular weight excluding hydrogens is 488 g/mol. The van der Waals surface area contributed by atoms with Crippen LogP contribution in [0.2, 0.25) is 0 Å². The zero-order chi connectivity index (χ0) is 25.9. The third-order valence-electron chi connectivity index (χ3n) is 6.78. The normalized spacial score (nSPS) is 14.6. The van der Waals surface area contributed by atoms with Crippen molar-refractivity contribution in [3.05, 3.63) is 95.1 Å². The Morgan fingerprint density at radius 1 is 0.919 bits per heavy atom. The molecule has 0 bridgehead atoms. The van der Waals surface area contributed by atoms with Crippen LogP contribution in [0.1, 0.15) is 29.5 Å². The predicted molar refractivity (Wildman–Crippen MR) is 145 cm³/mol. The maximum atomic E-state index is 13.5. The van der Waals surface area contributed by atoms with Gasteiger partial charge in [0.2, 0.25) is 5.91 Å². The monoisotopic (exact) mass is 517 g/mol. The van der Waals surface area contributed by atoms with Crippen molar-refractivity contribution in [2.24, 2.45) is 5.92 Å². The van der Waals surface area contributed by atoms with Gasteiger partial charge in [0.1, 0.15) is 11.6 Å². The third-order valence-corrected chi connectivity index (χ3v) is 7.80. The Morgan fingerprint density at radius 3 is 2.08 bits per heavy atom. The van der Waals surface area contributed by atoms with Crippen molar-refractivity contribution in [3.8, 4) is 21.7 Å². The molecule has 0 radical (unpaired) electrons. The molecule has 0 spiro atoms. The number of nitrogens with one attached hydrogen (secondary N) is 1. The van der Waals surface area contributed by atoms with Crippen LogP contribution >= 0.6 is 11.3 Å². The van der Waals surface area contributed by atoms with E-state index >= 15 is 0 Å². The van der Waals surface area contributed by atoms with Crippen LogP contribution in [0, 0.1) is 31.4 Å². The summed E-state index contributed by atoms with van der Waals surface area (Å²) in [6, 6.07) is 20.2. The highest BCUT2D eigenvalue weighted by Gasteiger charge is 2.26. The van der Waals surface area contributed by atoms with Crippen molar-refractivity contribution >= 4 is 22.4 Å². The number of amides is 1. The van der Waals surface area contributed by atoms with Crippen LogP contribution in [0.5, 0.6) is 0 Å². The van der Waals surface area contributed by atoms with Crippen LogP contribution in [-0.2, 0) is 11.3 Å². The van der Waals surface area contributed by atoms with Gasteiger partial charge in [0.05, 0.1) is 10.6 Å². The first kappa shape index (κ1) is 25.2. The molecule has 1 amide bonds. The lowest BCUT2D eigenvalue weighted by molar-refractivity contribution is -0.121. The van der Waals surface area contributed by atoms with E-state index in [9.17, 15) is 13.6 Å². The number of aromatic nitrogens is 1. The Bertz CT molecular complexity index is 1310. The van der Waals surface area contributed by atoms with Gasteiger partial charge in [-0.2, -0.15) is 0 Å². The zero-order valence-corrected chi connectivity index (χ0v) is 21.7. The molecule has 1 fully saturated rings. The smallest absolute Gasteiger partial charge is 0.229 e. The number of anilines is 1. The van der Waals surface area contributed by atoms with E-state index in [-0.39, 0.29) is 11.8 Å². The Kier molecular flexibility index (Phi) is 7.44. The molecule has 0 saturated carbocycles. The van der Waals surface area contributed by atoms with Gasteiger partial charge in [-0.25, -0.2) is 13.8 Å². The number of hydrogen-bond donors (Lipinski definition) is 1. The Balaban J connectivity index is 1.28. The number of likely N-dealkylation sites (tertiary alicyclic amines) is 1. The summed E-state index contributed by atoms with van der Waals surface area (Å²) in [5, 5.41) is 3.66. The van der Waals surface area contributed by atoms with Crippen LogP contribution in [0.3, 0.4) is 0 Å². The third kappa shape index (κ3) is 6.12. The standard InChI is InChI=1S/C30H29F2N3OS/c1-19-3-7-22(8-4-19)27-28(23-9-5-20(2)6-10-23)37-30(33-27)34-29(36)24-11-13-35(14-12-24)18-21-15-25(31)17-26(32)16-21/h3-10,15-17,24H,11-14,18H2,1-2H3,(H,33,34,36). The molecule has 0 aliphatic carbocycles. The number of benzene rings is 3. The summed E-state index contributed by atoms with van der Waals surface area (Å²) in [7, 11) is 0. The summed E-state index contributed by atoms with van der Waals surface area (Å²) >= 11 is 1.49. The second-order valence-corrected chi connectivity index (χ2v) is 10.7. The Hall–Kier alpha value is -3.42. The van der Waals surface area contributed by atoms with E-state index in [1.165, 1.54) is 34.6 Å². The molecule has 0 unspecified atom stereocenters. The molecule has 3 aromatic carbocycles. The molecule has 7 heteroatoms. The molecule has 1 aliphatic rings. The van der Waals surface area contributed by atoms with E-state index in [4.69, 9.17) is 4.98 Å². The first-order chi connectivity index (χ1) is 17.8. The summed E-state index contributed by atoms with van der Waals surface area (Å²) in [4.78, 5) is 21.1. The molecule has 4 nitrogen and oxygen atoms in total. The number of aryl methyl sites for hydroxylation is 2. The maximum Gasteiger partial charge on any atom is 0.229 e. The minimum absolute atomic E-state index is 0.0314. The van der Waals surface area contributed by atoms with Crippen LogP contribution < -0.4 is 5.32 Å². The van der Waals surface area contributed by atoms with Gasteiger partial charge < -0.3 is 5.32 Å². The fourth-order valence-electron chi connectivity index (χ4n) is 4.70. The van der Waals surface area contributed by atoms with E-state index in [1.54, 1.807) is 0 Å². The van der Waals surface area contributed by atoms with E-state index < -0.39 is 11.6 Å². The molecule has 37 heavy (non-hydrogen) atoms. The van der Waals surface area contributed by atoms with Crippen molar-refractivity contribution in [3.63, 3.8) is 0 Å². The molecule has 1 N–H and O–H groups in total. The van der Waals surface area contributed by atoms with Crippen LogP contribution in [-0.4, -0.2) is 28.9 Å². The number of hydrogen-bond acceptors (Lipinski definition) is 4. The highest BCUT2D eigenvalue weighted by molar-refractivity contribution is 7.19. The van der Waals surface area contributed by atoms with Gasteiger partial charge in [0, 0.05) is 24.1 Å². The molecule has 1 aliphatic heterocycles. The van der Waals surface area contributed by atoms with Crippen LogP contribution in [0.15, 0.2) is 66.7 Å². The molecule has 4 aromatic rings. The van der Waals surface area contributed by atoms with Crippen molar-refractivity contribution < 1.29 is 13.6 Å². The highest BCUT2D eigenvalue weighted by atomic mass is 32.1. The molecular formula is C30H29F2N3OS. The number of carbonyl (C=O) groups excluding carboxylic acids is 1. The summed E-state index contributed by atoms with van der Waals surface area (Å²) in [6.45, 7) is 5.97. The lowest BCUT2D eigenvalue weighted by Crippen LogP contribution is -2.37. The quantitative estimate of drug-likeness (QED) is 0.294. The van der Waals surface area contributed by atoms with Crippen LogP contribution in [0.25, 0.3) is 21.7 Å². The van der Waals surface area contributed by atoms with E-state index in [1.807, 2.05) is 0 Å². The number of halogens is 2. The van der Waals surface area contributed by atoms with Gasteiger partial charge in [-0.05, 0) is 63.0 Å². The summed E-state index contributed by atoms with van der Waals surface area (Å²) in [5.41, 5.74) is 5.92. The highest BCUT2D eigenvalue weighted by Crippen LogP contribution is 2.39. The zero-order valence-electron chi connectivity index (χ0n) is 20.9. The molecule has 5 rings (SSSR count). The summed E-state index contributed by atoms with van der Waals surface area (Å²) in [5.74, 6) is -1.29. The molecule has 1 aromatic heterocycles. The van der Waals surface area contributed by atoms with Gasteiger partial charge in [0.15, 0.2) is 5.13 Å². The summed E-state index contributed by atoms with van der Waals surface area (Å²) in [6.07, 6.45) is 1.37. The van der Waals surface area contributed by atoms with Crippen LogP contribution in [0.4, 0.5) is 13.9 Å². The SMILES string of the molecule is Cc1ccc(-c2nc(NC(=O)C3CCN(Cc4cc(F)cc(F)c4)CC3)sc2-c2ccc(C)cc2)cc1. The fourth-order valence-corrected chi connectivity index (χ4v) is 5.70. The number of rotatable bonds is 6. The molecule has 0 atom stereocenters.